The van der Waals surface area contributed by atoms with E-state index in [1.165, 1.54) is 6.07 Å². The van der Waals surface area contributed by atoms with Crippen molar-refractivity contribution < 1.29 is 13.2 Å². The fourth-order valence-electron chi connectivity index (χ4n) is 2.34. The average molecular weight is 344 g/mol. The molecule has 0 bridgehead atoms. The van der Waals surface area contributed by atoms with Gasteiger partial charge in [-0.05, 0) is 31.2 Å². The molecule has 2 heterocycles. The van der Waals surface area contributed by atoms with Crippen molar-refractivity contribution in [2.45, 2.75) is 18.2 Å². The molecule has 0 radical (unpaired) electrons. The summed E-state index contributed by atoms with van der Waals surface area (Å²) in [6, 6.07) is 12.0. The van der Waals surface area contributed by atoms with Gasteiger partial charge in [-0.2, -0.15) is 0 Å². The topological polar surface area (TPSA) is 101 Å². The lowest BCUT2D eigenvalue weighted by Crippen LogP contribution is -2.23. The van der Waals surface area contributed by atoms with Crippen LogP contribution in [0, 0.1) is 6.92 Å². The van der Waals surface area contributed by atoms with E-state index in [9.17, 15) is 13.2 Å². The van der Waals surface area contributed by atoms with Crippen molar-refractivity contribution in [3.8, 4) is 0 Å². The van der Waals surface area contributed by atoms with Crippen molar-refractivity contribution in [3.63, 3.8) is 0 Å². The van der Waals surface area contributed by atoms with E-state index >= 15 is 0 Å². The lowest BCUT2D eigenvalue weighted by Gasteiger charge is -2.04. The van der Waals surface area contributed by atoms with Gasteiger partial charge >= 0.3 is 0 Å². The van der Waals surface area contributed by atoms with Crippen LogP contribution < -0.4 is 10.0 Å². The van der Waals surface area contributed by atoms with Gasteiger partial charge < -0.3 is 5.32 Å². The fraction of sp³-hybridized carbons (Fsp3) is 0.188. The number of sulfonamides is 1. The molecule has 3 rings (SSSR count). The SMILES string of the molecule is Cc1cccc(NC(=O)CCN=C2NS(=O)(=O)c3ccccc32)n1. The summed E-state index contributed by atoms with van der Waals surface area (Å²) in [5, 5.41) is 2.69. The van der Waals surface area contributed by atoms with Crippen molar-refractivity contribution in [2.24, 2.45) is 4.99 Å². The smallest absolute Gasteiger partial charge is 0.263 e. The number of hydrogen-bond donors (Lipinski definition) is 2. The third-order valence-electron chi connectivity index (χ3n) is 3.43. The minimum absolute atomic E-state index is 0.128. The van der Waals surface area contributed by atoms with Crippen molar-refractivity contribution >= 4 is 27.6 Å². The predicted octanol–water partition coefficient (Wildman–Crippen LogP) is 1.46. The lowest BCUT2D eigenvalue weighted by atomic mass is 10.2. The van der Waals surface area contributed by atoms with Crippen LogP contribution in [0.25, 0.3) is 0 Å². The van der Waals surface area contributed by atoms with E-state index in [0.717, 1.165) is 5.69 Å². The summed E-state index contributed by atoms with van der Waals surface area (Å²) in [6.07, 6.45) is 0.128. The normalized spacial score (nSPS) is 16.5. The predicted molar refractivity (Wildman–Crippen MR) is 90.4 cm³/mol. The molecule has 2 aromatic rings. The number of fused-ring (bicyclic) bond motifs is 1. The monoisotopic (exact) mass is 344 g/mol. The van der Waals surface area contributed by atoms with Crippen LogP contribution in [0.15, 0.2) is 52.4 Å². The van der Waals surface area contributed by atoms with E-state index in [1.807, 2.05) is 19.1 Å². The summed E-state index contributed by atoms with van der Waals surface area (Å²) < 4.78 is 26.3. The largest absolute Gasteiger partial charge is 0.311 e. The van der Waals surface area contributed by atoms with Gasteiger partial charge in [0, 0.05) is 17.7 Å². The van der Waals surface area contributed by atoms with Gasteiger partial charge in [0.25, 0.3) is 10.0 Å². The summed E-state index contributed by atoms with van der Waals surface area (Å²) >= 11 is 0. The molecule has 7 nitrogen and oxygen atoms in total. The standard InChI is InChI=1S/C16H16N4O3S/c1-11-5-4-8-14(18-11)19-15(21)9-10-17-16-12-6-2-3-7-13(12)24(22,23)20-16/h2-8H,9-10H2,1H3,(H,17,20)(H,18,19,21). The average Bonchev–Trinajstić information content (AvgIpc) is 2.79. The first-order chi connectivity index (χ1) is 11.5. The lowest BCUT2D eigenvalue weighted by molar-refractivity contribution is -0.116. The van der Waals surface area contributed by atoms with Gasteiger partial charge in [-0.1, -0.05) is 18.2 Å². The van der Waals surface area contributed by atoms with Crippen LogP contribution in [0.3, 0.4) is 0 Å². The Bertz CT molecular complexity index is 922. The Labute approximate surface area is 139 Å². The summed E-state index contributed by atoms with van der Waals surface area (Å²) in [7, 11) is -3.55. The van der Waals surface area contributed by atoms with E-state index in [-0.39, 0.29) is 29.6 Å². The third-order valence-corrected chi connectivity index (χ3v) is 4.82. The number of aryl methyl sites for hydroxylation is 1. The fourth-order valence-corrected chi connectivity index (χ4v) is 3.59. The van der Waals surface area contributed by atoms with Crippen LogP contribution in [0.2, 0.25) is 0 Å². The second kappa shape index (κ2) is 6.40. The van der Waals surface area contributed by atoms with Crippen molar-refractivity contribution in [1.29, 1.82) is 0 Å². The highest BCUT2D eigenvalue weighted by Crippen LogP contribution is 2.22. The Balaban J connectivity index is 1.64. The molecular formula is C16H16N4O3S. The number of carbonyl (C=O) groups is 1. The second-order valence-electron chi connectivity index (χ2n) is 5.29. The van der Waals surface area contributed by atoms with E-state index in [4.69, 9.17) is 0 Å². The van der Waals surface area contributed by atoms with Crippen molar-refractivity contribution in [1.82, 2.24) is 9.71 Å². The number of rotatable bonds is 4. The molecule has 1 aliphatic heterocycles. The number of amidine groups is 1. The summed E-state index contributed by atoms with van der Waals surface area (Å²) in [5.74, 6) is 0.526. The molecule has 24 heavy (non-hydrogen) atoms. The molecule has 0 atom stereocenters. The van der Waals surface area contributed by atoms with E-state index in [0.29, 0.717) is 11.4 Å². The van der Waals surface area contributed by atoms with Crippen molar-refractivity contribution in [3.05, 3.63) is 53.7 Å². The maximum absolute atomic E-state index is 12.0. The molecule has 0 fully saturated rings. The van der Waals surface area contributed by atoms with Crippen LogP contribution in [-0.4, -0.2) is 31.7 Å². The van der Waals surface area contributed by atoms with Crippen LogP contribution in [-0.2, 0) is 14.8 Å². The van der Waals surface area contributed by atoms with Gasteiger partial charge in [-0.3, -0.25) is 14.5 Å². The zero-order valence-electron chi connectivity index (χ0n) is 13.0. The van der Waals surface area contributed by atoms with Crippen LogP contribution in [0.1, 0.15) is 17.7 Å². The third kappa shape index (κ3) is 3.43. The van der Waals surface area contributed by atoms with Crippen molar-refractivity contribution in [2.75, 3.05) is 11.9 Å². The number of amides is 1. The zero-order valence-corrected chi connectivity index (χ0v) is 13.8. The number of anilines is 1. The molecule has 0 spiro atoms. The molecule has 1 amide bonds. The van der Waals surface area contributed by atoms with Gasteiger partial charge in [0.05, 0.1) is 11.4 Å². The summed E-state index contributed by atoms with van der Waals surface area (Å²) in [4.78, 5) is 20.5. The summed E-state index contributed by atoms with van der Waals surface area (Å²) in [5.41, 5.74) is 1.34. The van der Waals surface area contributed by atoms with Gasteiger partial charge in [-0.15, -0.1) is 0 Å². The quantitative estimate of drug-likeness (QED) is 0.877. The molecule has 0 aliphatic carbocycles. The molecule has 0 saturated carbocycles. The van der Waals surface area contributed by atoms with Gasteiger partial charge in [0.1, 0.15) is 11.7 Å². The Morgan fingerprint density at radius 2 is 2.00 bits per heavy atom. The molecule has 1 aromatic heterocycles. The minimum atomic E-state index is -3.55. The number of aromatic nitrogens is 1. The first-order valence-electron chi connectivity index (χ1n) is 7.36. The Morgan fingerprint density at radius 3 is 2.79 bits per heavy atom. The highest BCUT2D eigenvalue weighted by atomic mass is 32.2. The number of hydrogen-bond acceptors (Lipinski definition) is 5. The van der Waals surface area contributed by atoms with Gasteiger partial charge in [0.2, 0.25) is 5.91 Å². The van der Waals surface area contributed by atoms with Crippen LogP contribution in [0.5, 0.6) is 0 Å². The molecule has 1 aliphatic rings. The molecule has 1 aromatic carbocycles. The molecule has 0 unspecified atom stereocenters. The van der Waals surface area contributed by atoms with E-state index in [1.54, 1.807) is 24.3 Å². The van der Waals surface area contributed by atoms with Crippen LogP contribution >= 0.6 is 0 Å². The Hall–Kier alpha value is -2.74. The molecular weight excluding hydrogens is 328 g/mol. The number of aliphatic imine (C=N–C) groups is 1. The number of nitrogens with zero attached hydrogens (tertiary/aromatic N) is 2. The minimum Gasteiger partial charge on any atom is -0.311 e. The first-order valence-corrected chi connectivity index (χ1v) is 8.84. The first kappa shape index (κ1) is 16.1. The zero-order chi connectivity index (χ0) is 17.2. The molecule has 124 valence electrons. The van der Waals surface area contributed by atoms with Crippen LogP contribution in [0.4, 0.5) is 5.82 Å². The maximum atomic E-state index is 12.0. The number of benzene rings is 1. The molecule has 8 heteroatoms. The second-order valence-corrected chi connectivity index (χ2v) is 6.95. The summed E-state index contributed by atoms with van der Waals surface area (Å²) in [6.45, 7) is 2.01. The number of pyridine rings is 1. The highest BCUT2D eigenvalue weighted by molar-refractivity contribution is 7.90. The maximum Gasteiger partial charge on any atom is 0.263 e. The molecule has 2 N–H and O–H groups in total. The van der Waals surface area contributed by atoms with Gasteiger partial charge in [-0.25, -0.2) is 13.4 Å². The van der Waals surface area contributed by atoms with E-state index < -0.39 is 10.0 Å². The number of nitrogens with one attached hydrogen (secondary N) is 2. The Morgan fingerprint density at radius 1 is 1.21 bits per heavy atom. The Kier molecular flexibility index (Phi) is 4.30. The number of carbonyl (C=O) groups excluding carboxylic acids is 1. The molecule has 0 saturated heterocycles. The highest BCUT2D eigenvalue weighted by Gasteiger charge is 2.29. The van der Waals surface area contributed by atoms with E-state index in [2.05, 4.69) is 20.0 Å². The van der Waals surface area contributed by atoms with Gasteiger partial charge in [0.15, 0.2) is 0 Å².